The van der Waals surface area contributed by atoms with E-state index in [9.17, 15) is 13.5 Å². The Bertz CT molecular complexity index is 969. The Balaban J connectivity index is 1.77. The normalized spacial score (nSPS) is 14.7. The van der Waals surface area contributed by atoms with E-state index in [2.05, 4.69) is 4.72 Å². The van der Waals surface area contributed by atoms with Gasteiger partial charge >= 0.3 is 0 Å². The number of benzene rings is 2. The Labute approximate surface area is 153 Å². The van der Waals surface area contributed by atoms with Crippen LogP contribution in [0.4, 0.5) is 0 Å². The van der Waals surface area contributed by atoms with Gasteiger partial charge in [0.25, 0.3) is 0 Å². The number of para-hydroxylation sites is 1. The fraction of sp³-hybridized carbons (Fsp3) is 0.300. The summed E-state index contributed by atoms with van der Waals surface area (Å²) < 4.78 is 33.2. The van der Waals surface area contributed by atoms with E-state index in [0.29, 0.717) is 17.3 Å². The molecule has 0 aliphatic heterocycles. The molecule has 0 aliphatic carbocycles. The third kappa shape index (κ3) is 3.82. The Morgan fingerprint density at radius 2 is 1.77 bits per heavy atom. The van der Waals surface area contributed by atoms with Gasteiger partial charge in [-0.15, -0.1) is 0 Å². The minimum Gasteiger partial charge on any atom is -0.458 e. The summed E-state index contributed by atoms with van der Waals surface area (Å²) in [5, 5.41) is 11.5. The molecule has 138 valence electrons. The first-order chi connectivity index (χ1) is 12.2. The van der Waals surface area contributed by atoms with Crippen LogP contribution in [0.1, 0.15) is 38.0 Å². The first-order valence-corrected chi connectivity index (χ1v) is 9.98. The van der Waals surface area contributed by atoms with Gasteiger partial charge in [-0.3, -0.25) is 0 Å². The highest BCUT2D eigenvalue weighted by Crippen LogP contribution is 2.28. The Morgan fingerprint density at radius 3 is 2.38 bits per heavy atom. The second-order valence-electron chi connectivity index (χ2n) is 6.97. The highest BCUT2D eigenvalue weighted by Gasteiger charge is 2.29. The summed E-state index contributed by atoms with van der Waals surface area (Å²) in [6.07, 6.45) is 0. The number of hydrogen-bond donors (Lipinski definition) is 2. The van der Waals surface area contributed by atoms with Crippen LogP contribution in [0.5, 0.6) is 0 Å². The molecule has 0 bridgehead atoms. The van der Waals surface area contributed by atoms with Crippen molar-refractivity contribution in [2.24, 2.45) is 0 Å². The van der Waals surface area contributed by atoms with Crippen LogP contribution in [-0.4, -0.2) is 20.1 Å². The van der Waals surface area contributed by atoms with Crippen LogP contribution in [0.3, 0.4) is 0 Å². The van der Waals surface area contributed by atoms with E-state index >= 15 is 0 Å². The van der Waals surface area contributed by atoms with Crippen molar-refractivity contribution in [3.05, 3.63) is 65.9 Å². The van der Waals surface area contributed by atoms with E-state index in [1.54, 1.807) is 36.4 Å². The molecule has 1 aromatic heterocycles. The Kier molecular flexibility index (Phi) is 4.92. The summed E-state index contributed by atoms with van der Waals surface area (Å²) in [6, 6.07) is 15.9. The first kappa shape index (κ1) is 18.6. The molecule has 26 heavy (non-hydrogen) atoms. The maximum absolute atomic E-state index is 12.5. The monoisotopic (exact) mass is 373 g/mol. The van der Waals surface area contributed by atoms with Crippen molar-refractivity contribution in [1.29, 1.82) is 0 Å². The van der Waals surface area contributed by atoms with E-state index < -0.39 is 15.6 Å². The topological polar surface area (TPSA) is 79.5 Å². The van der Waals surface area contributed by atoms with Gasteiger partial charge in [0, 0.05) is 11.9 Å². The Hall–Kier alpha value is -2.15. The summed E-state index contributed by atoms with van der Waals surface area (Å²) in [6.45, 7) is 5.43. The van der Waals surface area contributed by atoms with Gasteiger partial charge in [0.05, 0.1) is 4.90 Å². The van der Waals surface area contributed by atoms with Gasteiger partial charge in [-0.25, -0.2) is 13.1 Å². The number of aliphatic hydroxyl groups is 1. The third-order valence-corrected chi connectivity index (χ3v) is 5.84. The number of nitrogens with one attached hydrogen (secondary N) is 1. The molecule has 1 atom stereocenters. The quantitative estimate of drug-likeness (QED) is 0.690. The van der Waals surface area contributed by atoms with Crippen molar-refractivity contribution in [2.75, 3.05) is 6.54 Å². The van der Waals surface area contributed by atoms with Crippen LogP contribution in [0.15, 0.2) is 63.9 Å². The fourth-order valence-electron chi connectivity index (χ4n) is 2.69. The molecule has 6 heteroatoms. The van der Waals surface area contributed by atoms with Gasteiger partial charge in [0.1, 0.15) is 16.9 Å². The van der Waals surface area contributed by atoms with Crippen LogP contribution in [0, 0.1) is 0 Å². The fourth-order valence-corrected chi connectivity index (χ4v) is 3.82. The zero-order valence-electron chi connectivity index (χ0n) is 15.1. The molecule has 0 fully saturated rings. The predicted molar refractivity (Wildman–Crippen MR) is 102 cm³/mol. The van der Waals surface area contributed by atoms with Gasteiger partial charge in [-0.2, -0.15) is 0 Å². The molecule has 0 saturated heterocycles. The molecule has 2 N–H and O–H groups in total. The standard InChI is InChI=1S/C20H23NO4S/c1-14(2)15-8-10-17(11-9-15)26(23,24)21-13-20(3,22)19-12-16-6-4-5-7-18(16)25-19/h4-12,14,21-22H,13H2,1-3H3. The number of fused-ring (bicyclic) bond motifs is 1. The lowest BCUT2D eigenvalue weighted by Crippen LogP contribution is -2.38. The highest BCUT2D eigenvalue weighted by atomic mass is 32.2. The van der Waals surface area contributed by atoms with Crippen molar-refractivity contribution >= 4 is 21.0 Å². The smallest absolute Gasteiger partial charge is 0.240 e. The summed E-state index contributed by atoms with van der Waals surface area (Å²) in [4.78, 5) is 0.169. The Morgan fingerprint density at radius 1 is 1.12 bits per heavy atom. The average molecular weight is 373 g/mol. The number of rotatable bonds is 6. The lowest BCUT2D eigenvalue weighted by Gasteiger charge is -2.21. The van der Waals surface area contributed by atoms with Crippen molar-refractivity contribution in [2.45, 2.75) is 37.2 Å². The average Bonchev–Trinajstić information content (AvgIpc) is 3.05. The molecule has 3 aromatic rings. The molecular weight excluding hydrogens is 350 g/mol. The molecular formula is C20H23NO4S. The summed E-state index contributed by atoms with van der Waals surface area (Å²) >= 11 is 0. The largest absolute Gasteiger partial charge is 0.458 e. The summed E-state index contributed by atoms with van der Waals surface area (Å²) in [5.41, 5.74) is 0.248. The second kappa shape index (κ2) is 6.87. The zero-order valence-corrected chi connectivity index (χ0v) is 15.9. The maximum Gasteiger partial charge on any atom is 0.240 e. The van der Waals surface area contributed by atoms with E-state index in [4.69, 9.17) is 4.42 Å². The minimum atomic E-state index is -3.73. The number of furan rings is 1. The molecule has 0 saturated carbocycles. The SMILES string of the molecule is CC(C)c1ccc(S(=O)(=O)NCC(C)(O)c2cc3ccccc3o2)cc1. The number of sulfonamides is 1. The minimum absolute atomic E-state index is 0.169. The number of hydrogen-bond acceptors (Lipinski definition) is 4. The van der Waals surface area contributed by atoms with E-state index in [1.807, 2.05) is 32.0 Å². The van der Waals surface area contributed by atoms with Crippen LogP contribution in [0.2, 0.25) is 0 Å². The van der Waals surface area contributed by atoms with Crippen LogP contribution >= 0.6 is 0 Å². The molecule has 0 amide bonds. The first-order valence-electron chi connectivity index (χ1n) is 8.50. The zero-order chi connectivity index (χ0) is 18.9. The van der Waals surface area contributed by atoms with Crippen molar-refractivity contribution in [1.82, 2.24) is 4.72 Å². The molecule has 5 nitrogen and oxygen atoms in total. The van der Waals surface area contributed by atoms with Gasteiger partial charge in [-0.1, -0.05) is 44.2 Å². The molecule has 2 aromatic carbocycles. The third-order valence-electron chi connectivity index (χ3n) is 4.42. The molecule has 1 unspecified atom stereocenters. The van der Waals surface area contributed by atoms with Crippen LogP contribution < -0.4 is 4.72 Å². The molecule has 0 radical (unpaired) electrons. The lowest BCUT2D eigenvalue weighted by molar-refractivity contribution is 0.0412. The lowest BCUT2D eigenvalue weighted by atomic mass is 10.0. The van der Waals surface area contributed by atoms with Gasteiger partial charge in [0.2, 0.25) is 10.0 Å². The van der Waals surface area contributed by atoms with Crippen molar-refractivity contribution < 1.29 is 17.9 Å². The second-order valence-corrected chi connectivity index (χ2v) is 8.74. The van der Waals surface area contributed by atoms with E-state index in [-0.39, 0.29) is 11.4 Å². The molecule has 1 heterocycles. The van der Waals surface area contributed by atoms with E-state index in [1.165, 1.54) is 6.92 Å². The van der Waals surface area contributed by atoms with Crippen LogP contribution in [-0.2, 0) is 15.6 Å². The van der Waals surface area contributed by atoms with Crippen molar-refractivity contribution in [3.63, 3.8) is 0 Å². The predicted octanol–water partition coefficient (Wildman–Crippen LogP) is 3.74. The van der Waals surface area contributed by atoms with Gasteiger partial charge in [-0.05, 0) is 42.7 Å². The van der Waals surface area contributed by atoms with Gasteiger partial charge < -0.3 is 9.52 Å². The molecule has 3 rings (SSSR count). The van der Waals surface area contributed by atoms with Crippen molar-refractivity contribution in [3.8, 4) is 0 Å². The van der Waals surface area contributed by atoms with Crippen LogP contribution in [0.25, 0.3) is 11.0 Å². The maximum atomic E-state index is 12.5. The highest BCUT2D eigenvalue weighted by molar-refractivity contribution is 7.89. The summed E-state index contributed by atoms with van der Waals surface area (Å²) in [5.74, 6) is 0.644. The van der Waals surface area contributed by atoms with E-state index in [0.717, 1.165) is 10.9 Å². The molecule has 0 aliphatic rings. The summed E-state index contributed by atoms with van der Waals surface area (Å²) in [7, 11) is -3.73. The van der Waals surface area contributed by atoms with Gasteiger partial charge in [0.15, 0.2) is 0 Å². The molecule has 0 spiro atoms.